The Morgan fingerprint density at radius 2 is 1.55 bits per heavy atom. The van der Waals surface area contributed by atoms with Crippen LogP contribution in [0.15, 0.2) is 97.1 Å². The van der Waals surface area contributed by atoms with Gasteiger partial charge < -0.3 is 19.9 Å². The number of anilines is 3. The lowest BCUT2D eigenvalue weighted by atomic mass is 10.0. The first kappa shape index (κ1) is 30.0. The fourth-order valence-corrected chi connectivity index (χ4v) is 5.05. The van der Waals surface area contributed by atoms with Gasteiger partial charge in [0.15, 0.2) is 0 Å². The lowest BCUT2D eigenvalue weighted by molar-refractivity contribution is -0.139. The smallest absolute Gasteiger partial charge is 0.299 e. The van der Waals surface area contributed by atoms with Crippen molar-refractivity contribution < 1.29 is 28.3 Å². The molecule has 44 heavy (non-hydrogen) atoms. The van der Waals surface area contributed by atoms with Crippen LogP contribution >= 0.6 is 0 Å². The summed E-state index contributed by atoms with van der Waals surface area (Å²) in [5, 5.41) is 2.91. The second kappa shape index (κ2) is 12.8. The highest BCUT2D eigenvalue weighted by atomic mass is 19.1. The van der Waals surface area contributed by atoms with E-state index >= 15 is 0 Å². The molecule has 1 heterocycles. The molecule has 0 radical (unpaired) electrons. The summed E-state index contributed by atoms with van der Waals surface area (Å²) in [5.41, 5.74) is 3.03. The summed E-state index contributed by atoms with van der Waals surface area (Å²) in [6.45, 7) is -0.569. The molecule has 1 atom stereocenters. The molecule has 1 unspecified atom stereocenters. The van der Waals surface area contributed by atoms with Crippen LogP contribution in [0.5, 0.6) is 5.75 Å². The molecule has 0 bridgehead atoms. The SMILES string of the molecule is COc1ccc(C(C(=O)Nc2ccc(N(C)C)cc2)N(Cc2ccc(F)cc2)C(=O)CN2C(=O)C(=O)c3ccccc32)cc1. The number of benzene rings is 4. The van der Waals surface area contributed by atoms with Gasteiger partial charge in [0.2, 0.25) is 5.91 Å². The Bertz CT molecular complexity index is 1690. The number of ketones is 1. The molecule has 0 saturated carbocycles. The van der Waals surface area contributed by atoms with Crippen LogP contribution < -0.4 is 19.9 Å². The van der Waals surface area contributed by atoms with Crippen LogP contribution in [0.2, 0.25) is 0 Å². The summed E-state index contributed by atoms with van der Waals surface area (Å²) in [7, 11) is 5.33. The van der Waals surface area contributed by atoms with Gasteiger partial charge in [0, 0.05) is 32.0 Å². The van der Waals surface area contributed by atoms with Crippen molar-refractivity contribution in [1.29, 1.82) is 0 Å². The van der Waals surface area contributed by atoms with Gasteiger partial charge >= 0.3 is 0 Å². The summed E-state index contributed by atoms with van der Waals surface area (Å²) in [5.74, 6) is -2.52. The molecular weight excluding hydrogens is 563 g/mol. The number of para-hydroxylation sites is 1. The van der Waals surface area contributed by atoms with Gasteiger partial charge in [0.1, 0.15) is 24.2 Å². The Balaban J connectivity index is 1.54. The van der Waals surface area contributed by atoms with Crippen molar-refractivity contribution >= 4 is 40.6 Å². The van der Waals surface area contributed by atoms with Crippen molar-refractivity contribution in [3.05, 3.63) is 120 Å². The lowest BCUT2D eigenvalue weighted by Crippen LogP contribution is -2.46. The normalized spacial score (nSPS) is 12.9. The fraction of sp³-hybridized carbons (Fsp3) is 0.176. The number of rotatable bonds is 10. The van der Waals surface area contributed by atoms with Gasteiger partial charge in [-0.15, -0.1) is 0 Å². The Labute approximate surface area is 254 Å². The largest absolute Gasteiger partial charge is 0.497 e. The van der Waals surface area contributed by atoms with Crippen molar-refractivity contribution in [2.75, 3.05) is 42.9 Å². The van der Waals surface area contributed by atoms with Crippen molar-refractivity contribution in [2.45, 2.75) is 12.6 Å². The predicted molar refractivity (Wildman–Crippen MR) is 165 cm³/mol. The number of fused-ring (bicyclic) bond motifs is 1. The first-order valence-electron chi connectivity index (χ1n) is 13.9. The highest BCUT2D eigenvalue weighted by molar-refractivity contribution is 6.52. The van der Waals surface area contributed by atoms with Gasteiger partial charge in [0.25, 0.3) is 17.6 Å². The molecule has 9 nitrogen and oxygen atoms in total. The van der Waals surface area contributed by atoms with Crippen molar-refractivity contribution in [3.63, 3.8) is 0 Å². The number of Topliss-reactive ketones (excluding diaryl/α,β-unsaturated/α-hetero) is 1. The third kappa shape index (κ3) is 6.29. The van der Waals surface area contributed by atoms with Gasteiger partial charge in [-0.2, -0.15) is 0 Å². The van der Waals surface area contributed by atoms with Crippen LogP contribution in [0.3, 0.4) is 0 Å². The zero-order valence-electron chi connectivity index (χ0n) is 24.5. The highest BCUT2D eigenvalue weighted by Crippen LogP contribution is 2.31. The van der Waals surface area contributed by atoms with Crippen LogP contribution in [0.4, 0.5) is 21.5 Å². The maximum Gasteiger partial charge on any atom is 0.299 e. The van der Waals surface area contributed by atoms with Crippen LogP contribution in [0.1, 0.15) is 27.5 Å². The van der Waals surface area contributed by atoms with Crippen LogP contribution in [-0.2, 0) is 20.9 Å². The number of ether oxygens (including phenoxy) is 1. The number of methoxy groups -OCH3 is 1. The summed E-state index contributed by atoms with van der Waals surface area (Å²) in [6.07, 6.45) is 0. The molecule has 4 aromatic carbocycles. The molecule has 1 aliphatic heterocycles. The Hall–Kier alpha value is -5.51. The number of nitrogens with one attached hydrogen (secondary N) is 1. The van der Waals surface area contributed by atoms with E-state index in [0.717, 1.165) is 10.6 Å². The first-order valence-corrected chi connectivity index (χ1v) is 13.9. The minimum Gasteiger partial charge on any atom is -0.497 e. The van der Waals surface area contributed by atoms with E-state index in [9.17, 15) is 23.6 Å². The second-order valence-electron chi connectivity index (χ2n) is 10.5. The number of carbonyl (C=O) groups excluding carboxylic acids is 4. The van der Waals surface area contributed by atoms with Gasteiger partial charge in [-0.05, 0) is 71.8 Å². The van der Waals surface area contributed by atoms with E-state index in [0.29, 0.717) is 28.3 Å². The second-order valence-corrected chi connectivity index (χ2v) is 10.5. The maximum atomic E-state index is 14.2. The van der Waals surface area contributed by atoms with E-state index in [-0.39, 0.29) is 12.1 Å². The molecule has 0 fully saturated rings. The van der Waals surface area contributed by atoms with E-state index < -0.39 is 41.9 Å². The van der Waals surface area contributed by atoms with Gasteiger partial charge in [-0.1, -0.05) is 36.4 Å². The predicted octanol–water partition coefficient (Wildman–Crippen LogP) is 4.84. The third-order valence-corrected chi connectivity index (χ3v) is 7.40. The molecule has 0 aromatic heterocycles. The molecule has 1 aliphatic rings. The van der Waals surface area contributed by atoms with E-state index in [1.54, 1.807) is 54.6 Å². The minimum absolute atomic E-state index is 0.0829. The molecular formula is C34H31FN4O5. The van der Waals surface area contributed by atoms with Crippen LogP contribution in [-0.4, -0.2) is 56.2 Å². The molecule has 0 spiro atoms. The number of hydrogen-bond acceptors (Lipinski definition) is 6. The molecule has 224 valence electrons. The molecule has 4 aromatic rings. The maximum absolute atomic E-state index is 14.2. The lowest BCUT2D eigenvalue weighted by Gasteiger charge is -2.33. The average molecular weight is 595 g/mol. The van der Waals surface area contributed by atoms with Gasteiger partial charge in [-0.25, -0.2) is 4.39 Å². The monoisotopic (exact) mass is 594 g/mol. The summed E-state index contributed by atoms with van der Waals surface area (Å²) in [4.78, 5) is 58.2. The Kier molecular flexibility index (Phi) is 8.71. The first-order chi connectivity index (χ1) is 21.2. The van der Waals surface area contributed by atoms with E-state index in [2.05, 4.69) is 5.32 Å². The van der Waals surface area contributed by atoms with Gasteiger partial charge in [-0.3, -0.25) is 24.1 Å². The molecule has 0 aliphatic carbocycles. The zero-order valence-corrected chi connectivity index (χ0v) is 24.5. The fourth-order valence-electron chi connectivity index (χ4n) is 5.05. The topological polar surface area (TPSA) is 99.3 Å². The average Bonchev–Trinajstić information content (AvgIpc) is 3.27. The minimum atomic E-state index is -1.17. The van der Waals surface area contributed by atoms with Crippen molar-refractivity contribution in [1.82, 2.24) is 4.90 Å². The molecule has 0 saturated heterocycles. The Morgan fingerprint density at radius 3 is 2.18 bits per heavy atom. The summed E-state index contributed by atoms with van der Waals surface area (Å²) >= 11 is 0. The quantitative estimate of drug-likeness (QED) is 0.264. The van der Waals surface area contributed by atoms with Crippen molar-refractivity contribution in [3.8, 4) is 5.75 Å². The van der Waals surface area contributed by atoms with Crippen LogP contribution in [0, 0.1) is 5.82 Å². The van der Waals surface area contributed by atoms with Crippen molar-refractivity contribution in [2.24, 2.45) is 0 Å². The summed E-state index contributed by atoms with van der Waals surface area (Å²) < 4.78 is 19.1. The van der Waals surface area contributed by atoms with Crippen LogP contribution in [0.25, 0.3) is 0 Å². The number of hydrogen-bond donors (Lipinski definition) is 1. The number of amides is 3. The number of halogens is 1. The van der Waals surface area contributed by atoms with E-state index in [1.807, 2.05) is 31.1 Å². The third-order valence-electron chi connectivity index (χ3n) is 7.40. The summed E-state index contributed by atoms with van der Waals surface area (Å²) in [6, 6.07) is 24.8. The zero-order chi connectivity index (χ0) is 31.4. The number of nitrogens with zero attached hydrogens (tertiary/aromatic N) is 3. The van der Waals surface area contributed by atoms with Gasteiger partial charge in [0.05, 0.1) is 18.4 Å². The van der Waals surface area contributed by atoms with E-state index in [4.69, 9.17) is 4.74 Å². The Morgan fingerprint density at radius 1 is 0.886 bits per heavy atom. The number of carbonyl (C=O) groups is 4. The molecule has 3 amide bonds. The van der Waals surface area contributed by atoms with E-state index in [1.165, 1.54) is 42.3 Å². The molecule has 5 rings (SSSR count). The standard InChI is InChI=1S/C34H31FN4O5/c1-37(2)26-16-14-25(15-17-26)36-33(42)31(23-10-18-27(44-3)19-11-23)39(20-22-8-12-24(35)13-9-22)30(40)21-38-29-7-5-4-6-28(29)32(41)34(38)43/h4-19,31H,20-21H2,1-3H3,(H,36,42). The molecule has 10 heteroatoms. The molecule has 1 N–H and O–H groups in total. The highest BCUT2D eigenvalue weighted by Gasteiger charge is 2.39.